The zero-order valence-electron chi connectivity index (χ0n) is 8.65. The van der Waals surface area contributed by atoms with E-state index in [0.29, 0.717) is 0 Å². The molecule has 17 heavy (non-hydrogen) atoms. The average Bonchev–Trinajstić information content (AvgIpc) is 2.26. The number of carbonyl (C=O) groups is 1. The molecule has 0 spiro atoms. The van der Waals surface area contributed by atoms with Crippen LogP contribution in [0.2, 0.25) is 0 Å². The first-order valence-electron chi connectivity index (χ1n) is 4.37. The highest BCUT2D eigenvalue weighted by molar-refractivity contribution is 7.86. The van der Waals surface area contributed by atoms with Crippen molar-refractivity contribution in [3.63, 3.8) is 0 Å². The molecule has 0 radical (unpaired) electrons. The molecule has 0 fully saturated rings. The SMILES string of the molecule is CNC(=O)c1ccc(C(F)(F)S(=O)(=O)O)cc1. The number of amides is 1. The molecule has 1 aromatic rings. The Morgan fingerprint density at radius 3 is 2.12 bits per heavy atom. The monoisotopic (exact) mass is 265 g/mol. The van der Waals surface area contributed by atoms with Crippen LogP contribution in [0.5, 0.6) is 0 Å². The molecule has 0 aliphatic rings. The Hall–Kier alpha value is -1.54. The van der Waals surface area contributed by atoms with Crippen molar-refractivity contribution in [1.29, 1.82) is 0 Å². The molecule has 0 bridgehead atoms. The van der Waals surface area contributed by atoms with Crippen LogP contribution in [0, 0.1) is 0 Å². The predicted molar refractivity (Wildman–Crippen MR) is 55.3 cm³/mol. The number of hydrogen-bond acceptors (Lipinski definition) is 3. The van der Waals surface area contributed by atoms with Crippen LogP contribution < -0.4 is 5.32 Å². The van der Waals surface area contributed by atoms with Crippen LogP contribution in [0.4, 0.5) is 8.78 Å². The van der Waals surface area contributed by atoms with E-state index in [0.717, 1.165) is 24.3 Å². The van der Waals surface area contributed by atoms with Crippen molar-refractivity contribution in [3.05, 3.63) is 35.4 Å². The molecule has 0 aliphatic heterocycles. The van der Waals surface area contributed by atoms with E-state index >= 15 is 0 Å². The molecule has 94 valence electrons. The van der Waals surface area contributed by atoms with Crippen LogP contribution in [-0.2, 0) is 15.4 Å². The fourth-order valence-corrected chi connectivity index (χ4v) is 1.54. The van der Waals surface area contributed by atoms with Crippen LogP contribution in [0.25, 0.3) is 0 Å². The molecular weight excluding hydrogens is 256 g/mol. The van der Waals surface area contributed by atoms with Crippen LogP contribution in [0.3, 0.4) is 0 Å². The third kappa shape index (κ3) is 2.59. The number of rotatable bonds is 3. The van der Waals surface area contributed by atoms with Gasteiger partial charge < -0.3 is 5.32 Å². The van der Waals surface area contributed by atoms with Crippen molar-refractivity contribution < 1.29 is 26.5 Å². The summed E-state index contributed by atoms with van der Waals surface area (Å²) in [5, 5.41) is -2.12. The van der Waals surface area contributed by atoms with Gasteiger partial charge in [0.25, 0.3) is 5.91 Å². The quantitative estimate of drug-likeness (QED) is 0.798. The van der Waals surface area contributed by atoms with E-state index in [1.807, 2.05) is 0 Å². The third-order valence-electron chi connectivity index (χ3n) is 2.03. The molecule has 1 amide bonds. The highest BCUT2D eigenvalue weighted by Crippen LogP contribution is 2.33. The second kappa shape index (κ2) is 4.38. The minimum Gasteiger partial charge on any atom is -0.355 e. The van der Waals surface area contributed by atoms with Crippen molar-refractivity contribution in [2.24, 2.45) is 0 Å². The molecule has 1 rings (SSSR count). The molecule has 0 saturated carbocycles. The first-order chi connectivity index (χ1) is 7.70. The first-order valence-corrected chi connectivity index (χ1v) is 5.81. The summed E-state index contributed by atoms with van der Waals surface area (Å²) in [7, 11) is -4.16. The summed E-state index contributed by atoms with van der Waals surface area (Å²) in [5.41, 5.74) is -0.810. The van der Waals surface area contributed by atoms with Gasteiger partial charge in [-0.3, -0.25) is 9.35 Å². The Balaban J connectivity index is 3.16. The van der Waals surface area contributed by atoms with Gasteiger partial charge in [-0.2, -0.15) is 17.2 Å². The van der Waals surface area contributed by atoms with E-state index in [9.17, 15) is 22.0 Å². The van der Waals surface area contributed by atoms with Gasteiger partial charge in [-0.15, -0.1) is 0 Å². The van der Waals surface area contributed by atoms with Crippen molar-refractivity contribution in [1.82, 2.24) is 5.32 Å². The molecule has 0 unspecified atom stereocenters. The maximum atomic E-state index is 13.1. The predicted octanol–water partition coefficient (Wildman–Crippen LogP) is 0.983. The van der Waals surface area contributed by atoms with E-state index in [-0.39, 0.29) is 5.56 Å². The molecule has 5 nitrogen and oxygen atoms in total. The van der Waals surface area contributed by atoms with Gasteiger partial charge in [0.1, 0.15) is 0 Å². The molecular formula is C9H9F2NO4S. The van der Waals surface area contributed by atoms with Gasteiger partial charge in [-0.1, -0.05) is 12.1 Å². The lowest BCUT2D eigenvalue weighted by Gasteiger charge is -2.13. The average molecular weight is 265 g/mol. The summed E-state index contributed by atoms with van der Waals surface area (Å²) >= 11 is 0. The van der Waals surface area contributed by atoms with E-state index in [2.05, 4.69) is 5.32 Å². The second-order valence-corrected chi connectivity index (χ2v) is 4.61. The topological polar surface area (TPSA) is 83.5 Å². The molecule has 0 atom stereocenters. The Bertz CT molecular complexity index is 524. The number of nitrogens with one attached hydrogen (secondary N) is 1. The lowest BCUT2D eigenvalue weighted by atomic mass is 10.1. The molecule has 1 aromatic carbocycles. The van der Waals surface area contributed by atoms with Crippen molar-refractivity contribution >= 4 is 16.0 Å². The van der Waals surface area contributed by atoms with E-state index in [1.165, 1.54) is 7.05 Å². The standard InChI is InChI=1S/C9H9F2NO4S/c1-12-8(13)6-2-4-7(5-3-6)9(10,11)17(14,15)16/h2-5H,1H3,(H,12,13)(H,14,15,16). The maximum Gasteiger partial charge on any atom is 0.395 e. The number of benzene rings is 1. The van der Waals surface area contributed by atoms with Crippen LogP contribution in [-0.4, -0.2) is 25.9 Å². The van der Waals surface area contributed by atoms with Gasteiger partial charge in [-0.05, 0) is 12.1 Å². The highest BCUT2D eigenvalue weighted by Gasteiger charge is 2.45. The Morgan fingerprint density at radius 1 is 1.29 bits per heavy atom. The number of carbonyl (C=O) groups excluding carboxylic acids is 1. The highest BCUT2D eigenvalue weighted by atomic mass is 32.2. The first kappa shape index (κ1) is 13.5. The molecule has 0 saturated heterocycles. The van der Waals surface area contributed by atoms with Crippen LogP contribution in [0.1, 0.15) is 15.9 Å². The Kier molecular flexibility index (Phi) is 3.48. The Labute approximate surface area is 96.2 Å². The van der Waals surface area contributed by atoms with Crippen molar-refractivity contribution in [2.75, 3.05) is 7.05 Å². The lowest BCUT2D eigenvalue weighted by molar-refractivity contribution is 0.0789. The minimum atomic E-state index is -5.53. The minimum absolute atomic E-state index is 0.0994. The normalized spacial score (nSPS) is 12.2. The molecule has 2 N–H and O–H groups in total. The van der Waals surface area contributed by atoms with Crippen molar-refractivity contribution in [2.45, 2.75) is 5.25 Å². The fourth-order valence-electron chi connectivity index (χ4n) is 1.11. The van der Waals surface area contributed by atoms with Crippen LogP contribution >= 0.6 is 0 Å². The molecule has 0 aliphatic carbocycles. The summed E-state index contributed by atoms with van der Waals surface area (Å²) in [6.45, 7) is 0. The molecule has 0 aromatic heterocycles. The van der Waals surface area contributed by atoms with Gasteiger partial charge in [0, 0.05) is 18.2 Å². The number of alkyl halides is 2. The zero-order chi connectivity index (χ0) is 13.3. The summed E-state index contributed by atoms with van der Waals surface area (Å²) in [5.74, 6) is -0.494. The van der Waals surface area contributed by atoms with Gasteiger partial charge in [0.05, 0.1) is 0 Å². The number of hydrogen-bond donors (Lipinski definition) is 2. The Morgan fingerprint density at radius 2 is 1.76 bits per heavy atom. The van der Waals surface area contributed by atoms with Gasteiger partial charge in [-0.25, -0.2) is 0 Å². The van der Waals surface area contributed by atoms with Gasteiger partial charge in [0.2, 0.25) is 0 Å². The second-order valence-electron chi connectivity index (χ2n) is 3.15. The third-order valence-corrected chi connectivity index (χ3v) is 2.92. The fraction of sp³-hybridized carbons (Fsp3) is 0.222. The van der Waals surface area contributed by atoms with E-state index < -0.39 is 26.8 Å². The zero-order valence-corrected chi connectivity index (χ0v) is 9.46. The van der Waals surface area contributed by atoms with E-state index in [1.54, 1.807) is 0 Å². The molecule has 0 heterocycles. The smallest absolute Gasteiger partial charge is 0.355 e. The number of halogens is 2. The van der Waals surface area contributed by atoms with Gasteiger partial charge in [0.15, 0.2) is 0 Å². The molecule has 8 heteroatoms. The maximum absolute atomic E-state index is 13.1. The summed E-state index contributed by atoms with van der Waals surface area (Å²) in [6, 6.07) is 3.59. The largest absolute Gasteiger partial charge is 0.395 e. The summed E-state index contributed by atoms with van der Waals surface area (Å²) in [4.78, 5) is 11.1. The van der Waals surface area contributed by atoms with E-state index in [4.69, 9.17) is 4.55 Å². The van der Waals surface area contributed by atoms with Gasteiger partial charge >= 0.3 is 15.4 Å². The summed E-state index contributed by atoms with van der Waals surface area (Å²) in [6.07, 6.45) is 0. The van der Waals surface area contributed by atoms with Crippen LogP contribution in [0.15, 0.2) is 24.3 Å². The summed E-state index contributed by atoms with van der Waals surface area (Å²) < 4.78 is 55.6. The van der Waals surface area contributed by atoms with Crippen molar-refractivity contribution in [3.8, 4) is 0 Å². The lowest BCUT2D eigenvalue weighted by Crippen LogP contribution is -2.25.